The van der Waals surface area contributed by atoms with Crippen molar-refractivity contribution in [3.05, 3.63) is 0 Å². The second kappa shape index (κ2) is 30.1. The predicted octanol–water partition coefficient (Wildman–Crippen LogP) is -9.07. The molecule has 0 unspecified atom stereocenters. The van der Waals surface area contributed by atoms with E-state index >= 15 is 0 Å². The monoisotopic (exact) mass is 264 g/mol. The van der Waals surface area contributed by atoms with Crippen LogP contribution in [0.15, 0.2) is 0 Å². The first-order valence-electron chi connectivity index (χ1n) is 0.632. The fraction of sp³-hybridized carbons (Fsp3) is 0. The molecule has 0 fully saturated rings. The molecule has 0 bridgehead atoms. The summed E-state index contributed by atoms with van der Waals surface area (Å²) in [7, 11) is -4.69. The van der Waals surface area contributed by atoms with Gasteiger partial charge >= 0.3 is 0 Å². The summed E-state index contributed by atoms with van der Waals surface area (Å²) in [5.74, 6) is 0. The number of hydrogen-bond acceptors (Lipinski definition) is 4. The van der Waals surface area contributed by atoms with Crippen LogP contribution in [0.5, 0.6) is 0 Å². The van der Waals surface area contributed by atoms with Gasteiger partial charge in [0.25, 0.3) is 0 Å². The van der Waals surface area contributed by atoms with E-state index in [1.54, 1.807) is 0 Å². The molecule has 12 heteroatoms. The van der Waals surface area contributed by atoms with Crippen LogP contribution in [-0.4, -0.2) is 37.5 Å². The molecule has 13 N–H and O–H groups in total. The summed E-state index contributed by atoms with van der Waals surface area (Å²) in [4.78, 5) is 0. The molecular formula is H13ClFeO10. The largest absolute Gasteiger partial charge is 0.412 e. The van der Waals surface area contributed by atoms with Crippen LogP contribution in [0.1, 0.15) is 0 Å². The van der Waals surface area contributed by atoms with Gasteiger partial charge in [0.05, 0.1) is 14.9 Å². The van der Waals surface area contributed by atoms with E-state index in [2.05, 4.69) is 0 Å². The fourth-order valence-electron chi connectivity index (χ4n) is 0. The molecule has 0 radical (unpaired) electrons. The summed E-state index contributed by atoms with van der Waals surface area (Å²) in [5.41, 5.74) is 0. The minimum Gasteiger partial charge on any atom is -0.412 e. The molecular weight excluding hydrogens is 251 g/mol. The molecule has 12 heavy (non-hydrogen) atoms. The van der Waals surface area contributed by atoms with Gasteiger partial charge in [-0.25, -0.2) is 0 Å². The zero-order valence-electron chi connectivity index (χ0n) is 5.40. The van der Waals surface area contributed by atoms with E-state index in [0.717, 1.165) is 0 Å². The van der Waals surface area contributed by atoms with Gasteiger partial charge < -0.3 is 32.9 Å². The third-order valence-electron chi connectivity index (χ3n) is 0. The minimum atomic E-state index is -4.69. The molecule has 10 nitrogen and oxygen atoms in total. The molecule has 0 saturated heterocycles. The van der Waals surface area contributed by atoms with Gasteiger partial charge in [-0.15, -0.1) is 0 Å². The van der Waals surface area contributed by atoms with Gasteiger partial charge in [-0.05, 0) is 0 Å². The number of rotatable bonds is 0. The molecule has 0 aliphatic carbocycles. The molecule has 0 heterocycles. The average Bonchev–Trinajstić information content (AvgIpc) is 0.722. The molecule has 88 valence electrons. The Morgan fingerprint density at radius 1 is 0.667 bits per heavy atom. The number of halogens is 1. The van der Waals surface area contributed by atoms with Gasteiger partial charge in [-0.1, -0.05) is 0 Å². The second-order valence-electron chi connectivity index (χ2n) is 0.396. The molecule has 0 spiro atoms. The van der Waals surface area contributed by atoms with Crippen LogP contribution in [-0.2, 0) is 17.1 Å². The third kappa shape index (κ3) is 5500. The molecule has 0 saturated carbocycles. The molecule has 0 rings (SSSR count). The Hall–Kier alpha value is 0.409. The average molecular weight is 264 g/mol. The van der Waals surface area contributed by atoms with Crippen LogP contribution < -0.4 is 14.0 Å². The third-order valence-corrected chi connectivity index (χ3v) is 0. The van der Waals surface area contributed by atoms with Gasteiger partial charge in [0.2, 0.25) is 0 Å². The Balaban J connectivity index is -0.00000000381. The van der Waals surface area contributed by atoms with Crippen molar-refractivity contribution in [3.63, 3.8) is 0 Å². The molecule has 0 aromatic rings. The van der Waals surface area contributed by atoms with Gasteiger partial charge in [0, 0.05) is 17.1 Å². The van der Waals surface area contributed by atoms with Crippen LogP contribution in [0, 0.1) is 10.2 Å². The van der Waals surface area contributed by atoms with Crippen LogP contribution in [0.3, 0.4) is 0 Å². The van der Waals surface area contributed by atoms with Gasteiger partial charge in [0.15, 0.2) is 0 Å². The Labute approximate surface area is 79.5 Å². The second-order valence-corrected chi connectivity index (χ2v) is 1.19. The zero-order valence-corrected chi connectivity index (χ0v) is 7.26. The quantitative estimate of drug-likeness (QED) is 0.416. The normalized spacial score (nSPS) is 5.00. The van der Waals surface area contributed by atoms with Crippen molar-refractivity contribution in [2.75, 3.05) is 0 Å². The zero-order chi connectivity index (χ0) is 4.50. The summed E-state index contributed by atoms with van der Waals surface area (Å²) in [6, 6.07) is 0. The molecule has 0 atom stereocenters. The Morgan fingerprint density at radius 2 is 0.667 bits per heavy atom. The van der Waals surface area contributed by atoms with Crippen molar-refractivity contribution < 1.29 is 78.8 Å². The molecule has 0 aliphatic rings. The van der Waals surface area contributed by atoms with Crippen LogP contribution in [0.4, 0.5) is 0 Å². The van der Waals surface area contributed by atoms with E-state index in [9.17, 15) is 0 Å². The van der Waals surface area contributed by atoms with Crippen LogP contribution >= 0.6 is 0 Å². The van der Waals surface area contributed by atoms with Gasteiger partial charge in [0.1, 0.15) is 0 Å². The van der Waals surface area contributed by atoms with E-state index in [1.807, 2.05) is 0 Å². The fourth-order valence-corrected chi connectivity index (χ4v) is 0. The van der Waals surface area contributed by atoms with E-state index < -0.39 is 10.2 Å². The van der Waals surface area contributed by atoms with Crippen molar-refractivity contribution in [2.24, 2.45) is 0 Å². The maximum absolute atomic E-state index is 8.60. The smallest absolute Gasteiger partial charge is 0.0777 e. The van der Waals surface area contributed by atoms with Gasteiger partial charge in [-0.2, -0.15) is 14.0 Å². The first-order chi connectivity index (χ1) is 2.00. The van der Waals surface area contributed by atoms with Gasteiger partial charge in [-0.3, -0.25) is 0 Å². The Bertz CT molecular complexity index is 25.3. The standard InChI is InChI=1S/ClHO4.Fe.6H2O/c2-1(3,4)5;;;;;;;/h(H,2,3,4,5);;6*1H2. The first kappa shape index (κ1) is 83.1. The summed E-state index contributed by atoms with van der Waals surface area (Å²) < 4.78 is 32.7. The first-order valence-corrected chi connectivity index (χ1v) is 1.90. The van der Waals surface area contributed by atoms with Crippen LogP contribution in [0.25, 0.3) is 0 Å². The van der Waals surface area contributed by atoms with Crippen molar-refractivity contribution in [1.82, 2.24) is 0 Å². The van der Waals surface area contributed by atoms with E-state index in [-0.39, 0.29) is 49.9 Å². The Morgan fingerprint density at radius 3 is 0.667 bits per heavy atom. The SMILES string of the molecule is O.O.O.O.O.O.[Fe].[O-][Cl+3]([O-])([O-])O. The Kier molecular flexibility index (Phi) is 208. The maximum atomic E-state index is 8.60. The summed E-state index contributed by atoms with van der Waals surface area (Å²) in [6.07, 6.45) is 0. The molecule has 0 aliphatic heterocycles. The maximum Gasteiger partial charge on any atom is 0.0777 e. The molecule has 0 aromatic heterocycles. The van der Waals surface area contributed by atoms with Crippen molar-refractivity contribution >= 4 is 0 Å². The molecule has 0 aromatic carbocycles. The van der Waals surface area contributed by atoms with E-state index in [0.29, 0.717) is 0 Å². The predicted molar refractivity (Wildman–Crippen MR) is 23.9 cm³/mol. The summed E-state index contributed by atoms with van der Waals surface area (Å²) in [5, 5.41) is 0. The van der Waals surface area contributed by atoms with E-state index in [1.165, 1.54) is 0 Å². The van der Waals surface area contributed by atoms with Crippen molar-refractivity contribution in [3.8, 4) is 0 Å². The number of hydrogen-bond donors (Lipinski definition) is 1. The summed E-state index contributed by atoms with van der Waals surface area (Å²) >= 11 is 0. The van der Waals surface area contributed by atoms with Crippen molar-refractivity contribution in [2.45, 2.75) is 0 Å². The minimum absolute atomic E-state index is 0. The van der Waals surface area contributed by atoms with Crippen molar-refractivity contribution in [1.29, 1.82) is 0 Å². The topological polar surface area (TPSA) is 278 Å². The van der Waals surface area contributed by atoms with Crippen LogP contribution in [0.2, 0.25) is 0 Å². The molecule has 0 amide bonds. The van der Waals surface area contributed by atoms with E-state index in [4.69, 9.17) is 18.6 Å². The summed E-state index contributed by atoms with van der Waals surface area (Å²) in [6.45, 7) is 0.